The van der Waals surface area contributed by atoms with Crippen LogP contribution in [0.1, 0.15) is 5.56 Å². The van der Waals surface area contributed by atoms with Gasteiger partial charge in [-0.1, -0.05) is 11.6 Å². The lowest BCUT2D eigenvalue weighted by molar-refractivity contribution is -0.459. The molecule has 0 aliphatic rings. The summed E-state index contributed by atoms with van der Waals surface area (Å²) in [5, 5.41) is 3.30. The third kappa shape index (κ3) is 4.67. The number of nitrogens with one attached hydrogen (secondary N) is 1. The quantitative estimate of drug-likeness (QED) is 0.394. The van der Waals surface area contributed by atoms with Gasteiger partial charge in [-0.15, -0.1) is 0 Å². The van der Waals surface area contributed by atoms with Crippen molar-refractivity contribution >= 4 is 35.2 Å². The summed E-state index contributed by atoms with van der Waals surface area (Å²) in [7, 11) is 3.89. The number of benzene rings is 1. The first-order valence-electron chi connectivity index (χ1n) is 5.03. The molecule has 0 saturated carbocycles. The summed E-state index contributed by atoms with van der Waals surface area (Å²) < 4.78 is 7.24. The summed E-state index contributed by atoms with van der Waals surface area (Å²) in [5.41, 5.74) is 3.14. The monoisotopic (exact) mass is 273 g/mol. The number of rotatable bonds is 4. The van der Waals surface area contributed by atoms with Gasteiger partial charge >= 0.3 is 0 Å². The molecule has 0 radical (unpaired) electrons. The average Bonchev–Trinajstić information content (AvgIpc) is 2.29. The highest BCUT2D eigenvalue weighted by molar-refractivity contribution is 6.35. The van der Waals surface area contributed by atoms with Gasteiger partial charge < -0.3 is 4.74 Å². The summed E-state index contributed by atoms with van der Waals surface area (Å²) in [5.74, 6) is 0.683. The molecular formula is C12H15Cl2N2O+. The molecule has 0 amide bonds. The molecule has 1 N–H and O–H groups in total. The zero-order chi connectivity index (χ0) is 12.8. The molecule has 1 aromatic rings. The maximum absolute atomic E-state index is 5.69. The molecule has 0 aliphatic heterocycles. The van der Waals surface area contributed by atoms with Crippen LogP contribution in [0.25, 0.3) is 0 Å². The van der Waals surface area contributed by atoms with Crippen LogP contribution < -0.4 is 10.1 Å². The first kappa shape index (κ1) is 13.9. The Hall–Kier alpha value is -1.19. The van der Waals surface area contributed by atoms with Gasteiger partial charge in [0.25, 0.3) is 0 Å². The average molecular weight is 274 g/mol. The molecule has 5 heteroatoms. The van der Waals surface area contributed by atoms with Crippen LogP contribution in [0.15, 0.2) is 29.0 Å². The molecule has 0 heterocycles. The van der Waals surface area contributed by atoms with E-state index in [0.717, 1.165) is 11.3 Å². The van der Waals surface area contributed by atoms with Crippen LogP contribution in [0.2, 0.25) is 0 Å². The molecular weight excluding hydrogens is 259 g/mol. The minimum absolute atomic E-state index is 0.148. The minimum atomic E-state index is 0.148. The Bertz CT molecular complexity index is 452. The predicted octanol–water partition coefficient (Wildman–Crippen LogP) is 3.36. The van der Waals surface area contributed by atoms with Gasteiger partial charge in [0.2, 0.25) is 11.6 Å². The van der Waals surface area contributed by atoms with Crippen LogP contribution >= 0.6 is 23.2 Å². The van der Waals surface area contributed by atoms with Crippen molar-refractivity contribution in [1.29, 1.82) is 0 Å². The largest absolute Gasteiger partial charge is 0.444 e. The SMILES string of the molecule is Cc1cc(NC=[N+](C)C)ccc1OC(Cl)=CCl. The molecule has 0 saturated heterocycles. The predicted molar refractivity (Wildman–Crippen MR) is 73.4 cm³/mol. The second-order valence-electron chi connectivity index (χ2n) is 3.73. The highest BCUT2D eigenvalue weighted by Gasteiger charge is 2.04. The fourth-order valence-electron chi connectivity index (χ4n) is 1.18. The molecule has 3 nitrogen and oxygen atoms in total. The van der Waals surface area contributed by atoms with Crippen LogP contribution in [-0.2, 0) is 0 Å². The van der Waals surface area contributed by atoms with E-state index in [-0.39, 0.29) is 5.22 Å². The van der Waals surface area contributed by atoms with Crippen molar-refractivity contribution in [2.75, 3.05) is 19.4 Å². The standard InChI is InChI=1S/C12H14Cl2N2O/c1-9-6-10(15-8-16(2)3)4-5-11(9)17-12(14)7-13/h4-8H,1-3H3/p+1. The van der Waals surface area contributed by atoms with Crippen LogP contribution in [0, 0.1) is 6.92 Å². The Morgan fingerprint density at radius 2 is 2.12 bits per heavy atom. The fourth-order valence-corrected chi connectivity index (χ4v) is 1.31. The summed E-state index contributed by atoms with van der Waals surface area (Å²) in [6.45, 7) is 1.94. The summed E-state index contributed by atoms with van der Waals surface area (Å²) in [4.78, 5) is 0. The van der Waals surface area contributed by atoms with Crippen molar-refractivity contribution in [2.24, 2.45) is 0 Å². The second kappa shape index (κ2) is 6.52. The lowest BCUT2D eigenvalue weighted by atomic mass is 10.2. The van der Waals surface area contributed by atoms with Gasteiger partial charge in [-0.25, -0.2) is 5.32 Å². The van der Waals surface area contributed by atoms with Crippen LogP contribution in [-0.4, -0.2) is 25.0 Å². The zero-order valence-corrected chi connectivity index (χ0v) is 11.5. The molecule has 0 atom stereocenters. The molecule has 0 aliphatic carbocycles. The maximum Gasteiger partial charge on any atom is 0.236 e. The van der Waals surface area contributed by atoms with E-state index >= 15 is 0 Å². The van der Waals surface area contributed by atoms with Gasteiger partial charge in [0.1, 0.15) is 11.4 Å². The van der Waals surface area contributed by atoms with Gasteiger partial charge in [0.05, 0.1) is 19.6 Å². The normalized spacial score (nSPS) is 11.0. The minimum Gasteiger partial charge on any atom is -0.444 e. The topological polar surface area (TPSA) is 24.3 Å². The Labute approximate surface area is 111 Å². The van der Waals surface area contributed by atoms with Crippen molar-refractivity contribution in [1.82, 2.24) is 0 Å². The second-order valence-corrected chi connectivity index (χ2v) is 4.32. The van der Waals surface area contributed by atoms with Crippen molar-refractivity contribution in [3.8, 4) is 5.75 Å². The first-order chi connectivity index (χ1) is 8.02. The number of nitrogens with zero attached hydrogens (tertiary/aromatic N) is 1. The van der Waals surface area contributed by atoms with E-state index in [0.29, 0.717) is 5.75 Å². The number of hydrogen-bond donors (Lipinski definition) is 1. The lowest BCUT2D eigenvalue weighted by Crippen LogP contribution is -2.07. The van der Waals surface area contributed by atoms with Crippen LogP contribution in [0.5, 0.6) is 5.75 Å². The molecule has 0 unspecified atom stereocenters. The molecule has 0 aromatic heterocycles. The van der Waals surface area contributed by atoms with Crippen molar-refractivity contribution in [3.63, 3.8) is 0 Å². The van der Waals surface area contributed by atoms with Gasteiger partial charge in [0, 0.05) is 0 Å². The number of halogens is 2. The van der Waals surface area contributed by atoms with E-state index in [1.165, 1.54) is 5.54 Å². The van der Waals surface area contributed by atoms with E-state index in [1.807, 2.05) is 50.1 Å². The Morgan fingerprint density at radius 3 is 2.65 bits per heavy atom. The van der Waals surface area contributed by atoms with Crippen molar-refractivity contribution in [3.05, 3.63) is 34.5 Å². The molecule has 92 valence electrons. The van der Waals surface area contributed by atoms with Crippen molar-refractivity contribution < 1.29 is 9.31 Å². The highest BCUT2D eigenvalue weighted by atomic mass is 35.5. The van der Waals surface area contributed by atoms with Gasteiger partial charge in [-0.2, -0.15) is 0 Å². The molecule has 0 spiro atoms. The molecule has 0 bridgehead atoms. The smallest absolute Gasteiger partial charge is 0.236 e. The van der Waals surface area contributed by atoms with Gasteiger partial charge in [0.15, 0.2) is 0 Å². The Kier molecular flexibility index (Phi) is 5.32. The first-order valence-corrected chi connectivity index (χ1v) is 5.85. The lowest BCUT2D eigenvalue weighted by Gasteiger charge is -2.07. The fraction of sp³-hybridized carbons (Fsp3) is 0.250. The molecule has 17 heavy (non-hydrogen) atoms. The van der Waals surface area contributed by atoms with E-state index < -0.39 is 0 Å². The summed E-state index contributed by atoms with van der Waals surface area (Å²) in [6, 6.07) is 5.71. The van der Waals surface area contributed by atoms with E-state index in [1.54, 1.807) is 0 Å². The van der Waals surface area contributed by atoms with E-state index in [4.69, 9.17) is 27.9 Å². The van der Waals surface area contributed by atoms with Gasteiger partial charge in [-0.3, -0.25) is 4.58 Å². The zero-order valence-electron chi connectivity index (χ0n) is 10.00. The number of anilines is 1. The van der Waals surface area contributed by atoms with Crippen LogP contribution in [0.4, 0.5) is 5.69 Å². The maximum atomic E-state index is 5.69. The number of hydrogen-bond acceptors (Lipinski definition) is 1. The van der Waals surface area contributed by atoms with Crippen LogP contribution in [0.3, 0.4) is 0 Å². The summed E-state index contributed by atoms with van der Waals surface area (Å²) in [6.07, 6.45) is 1.86. The van der Waals surface area contributed by atoms with Gasteiger partial charge in [-0.05, 0) is 42.3 Å². The molecule has 0 fully saturated rings. The van der Waals surface area contributed by atoms with Crippen molar-refractivity contribution in [2.45, 2.75) is 6.92 Å². The van der Waals surface area contributed by atoms with E-state index in [2.05, 4.69) is 5.32 Å². The highest BCUT2D eigenvalue weighted by Crippen LogP contribution is 2.24. The number of ether oxygens (including phenoxy) is 1. The Morgan fingerprint density at radius 1 is 1.41 bits per heavy atom. The Balaban J connectivity index is 2.83. The summed E-state index contributed by atoms with van der Waals surface area (Å²) >= 11 is 11.1. The third-order valence-corrected chi connectivity index (χ3v) is 2.45. The third-order valence-electron chi connectivity index (χ3n) is 1.96. The molecule has 1 aromatic carbocycles. The number of aryl methyl sites for hydroxylation is 1. The molecule has 1 rings (SSSR count). The van der Waals surface area contributed by atoms with E-state index in [9.17, 15) is 0 Å².